The van der Waals surface area contributed by atoms with Gasteiger partial charge in [-0.05, 0) is 25.1 Å². The van der Waals surface area contributed by atoms with Crippen LogP contribution >= 0.6 is 0 Å². The molecule has 0 fully saturated rings. The van der Waals surface area contributed by atoms with Crippen molar-refractivity contribution in [2.75, 3.05) is 5.73 Å². The number of nitrogen functional groups attached to an aromatic ring is 1. The molecule has 3 aromatic rings. The number of H-pyrrole nitrogens is 2. The van der Waals surface area contributed by atoms with E-state index in [1.807, 2.05) is 6.92 Å². The van der Waals surface area contributed by atoms with Gasteiger partial charge in [-0.15, -0.1) is 0 Å². The Kier molecular flexibility index (Phi) is 2.82. The molecule has 20 heavy (non-hydrogen) atoms. The second-order valence-corrected chi connectivity index (χ2v) is 4.44. The van der Waals surface area contributed by atoms with Gasteiger partial charge in [-0.25, -0.2) is 4.98 Å². The summed E-state index contributed by atoms with van der Waals surface area (Å²) in [5.74, 6) is 0.281. The number of nitrogens with one attached hydrogen (secondary N) is 3. The first-order valence-electron chi connectivity index (χ1n) is 6.05. The number of fused-ring (bicyclic) bond motifs is 1. The van der Waals surface area contributed by atoms with Gasteiger partial charge in [0.2, 0.25) is 0 Å². The van der Waals surface area contributed by atoms with Crippen LogP contribution in [0.4, 0.5) is 5.69 Å². The lowest BCUT2D eigenvalue weighted by Gasteiger charge is -2.09. The average molecular weight is 271 g/mol. The first-order chi connectivity index (χ1) is 9.65. The number of carbonyl (C=O) groups is 1. The van der Waals surface area contributed by atoms with Gasteiger partial charge >= 0.3 is 0 Å². The number of rotatable bonds is 3. The Labute approximate surface area is 113 Å². The number of aromatic amines is 2. The molecule has 0 aliphatic heterocycles. The number of nitrogens with two attached hydrogens (primary N) is 1. The Balaban J connectivity index is 1.87. The van der Waals surface area contributed by atoms with Crippen LogP contribution in [0.25, 0.3) is 10.9 Å². The van der Waals surface area contributed by atoms with Crippen LogP contribution in [0.3, 0.4) is 0 Å². The summed E-state index contributed by atoms with van der Waals surface area (Å²) in [6.45, 7) is 1.81. The van der Waals surface area contributed by atoms with Gasteiger partial charge in [-0.2, -0.15) is 10.2 Å². The molecule has 8 heteroatoms. The van der Waals surface area contributed by atoms with Crippen LogP contribution < -0.4 is 11.1 Å². The summed E-state index contributed by atoms with van der Waals surface area (Å²) in [6, 6.07) is 4.96. The van der Waals surface area contributed by atoms with Gasteiger partial charge in [0.05, 0.1) is 11.6 Å². The molecule has 102 valence electrons. The first-order valence-corrected chi connectivity index (χ1v) is 6.05. The third kappa shape index (κ3) is 2.07. The lowest BCUT2D eigenvalue weighted by atomic mass is 10.1. The number of carbonyl (C=O) groups excluding carboxylic acids is 1. The van der Waals surface area contributed by atoms with Crippen LogP contribution in [0.5, 0.6) is 0 Å². The number of anilines is 1. The van der Waals surface area contributed by atoms with Crippen molar-refractivity contribution in [2.45, 2.75) is 13.0 Å². The maximum Gasteiger partial charge on any atom is 0.273 e. The number of hydrogen-bond donors (Lipinski definition) is 4. The van der Waals surface area contributed by atoms with E-state index >= 15 is 0 Å². The van der Waals surface area contributed by atoms with Crippen LogP contribution in [0.15, 0.2) is 24.5 Å². The molecule has 8 nitrogen and oxygen atoms in total. The monoisotopic (exact) mass is 271 g/mol. The van der Waals surface area contributed by atoms with Gasteiger partial charge in [0, 0.05) is 11.1 Å². The minimum absolute atomic E-state index is 0.294. The lowest BCUT2D eigenvalue weighted by Crippen LogP contribution is -2.27. The molecule has 1 unspecified atom stereocenters. The molecule has 2 aromatic heterocycles. The fourth-order valence-corrected chi connectivity index (χ4v) is 1.96. The lowest BCUT2D eigenvalue weighted by molar-refractivity contribution is 0.0935. The van der Waals surface area contributed by atoms with Crippen molar-refractivity contribution in [3.8, 4) is 0 Å². The molecule has 0 aliphatic carbocycles. The molecular weight excluding hydrogens is 258 g/mol. The number of nitrogens with zero attached hydrogens (tertiary/aromatic N) is 3. The number of aromatic nitrogens is 5. The van der Waals surface area contributed by atoms with E-state index < -0.39 is 0 Å². The summed E-state index contributed by atoms with van der Waals surface area (Å²) in [7, 11) is 0. The predicted octanol–water partition coefficient (Wildman–Crippen LogP) is 0.754. The van der Waals surface area contributed by atoms with Gasteiger partial charge in [-0.3, -0.25) is 15.0 Å². The molecule has 1 aromatic carbocycles. The van der Waals surface area contributed by atoms with Crippen molar-refractivity contribution in [3.63, 3.8) is 0 Å². The molecule has 3 rings (SSSR count). The van der Waals surface area contributed by atoms with Crippen molar-refractivity contribution in [1.29, 1.82) is 0 Å². The van der Waals surface area contributed by atoms with E-state index in [1.165, 1.54) is 6.33 Å². The molecule has 0 saturated heterocycles. The van der Waals surface area contributed by atoms with Crippen LogP contribution in [-0.2, 0) is 0 Å². The van der Waals surface area contributed by atoms with Gasteiger partial charge in [0.15, 0.2) is 5.69 Å². The normalized spacial score (nSPS) is 12.4. The van der Waals surface area contributed by atoms with E-state index in [9.17, 15) is 4.79 Å². The maximum absolute atomic E-state index is 12.2. The fraction of sp³-hybridized carbons (Fsp3) is 0.167. The quantitative estimate of drug-likeness (QED) is 0.523. The Hall–Kier alpha value is -2.90. The molecule has 0 radical (unpaired) electrons. The minimum Gasteiger partial charge on any atom is -0.399 e. The van der Waals surface area contributed by atoms with Crippen LogP contribution in [0.1, 0.15) is 29.3 Å². The number of hydrogen-bond acceptors (Lipinski definition) is 5. The second kappa shape index (κ2) is 4.65. The van der Waals surface area contributed by atoms with Crippen molar-refractivity contribution in [3.05, 3.63) is 36.0 Å². The highest BCUT2D eigenvalue weighted by Gasteiger charge is 2.18. The Morgan fingerprint density at radius 3 is 3.00 bits per heavy atom. The van der Waals surface area contributed by atoms with E-state index in [-0.39, 0.29) is 11.9 Å². The van der Waals surface area contributed by atoms with Gasteiger partial charge in [0.1, 0.15) is 12.2 Å². The van der Waals surface area contributed by atoms with Crippen molar-refractivity contribution >= 4 is 22.5 Å². The Morgan fingerprint density at radius 2 is 2.25 bits per heavy atom. The molecule has 2 heterocycles. The van der Waals surface area contributed by atoms with E-state index in [2.05, 4.69) is 30.7 Å². The van der Waals surface area contributed by atoms with Crippen LogP contribution in [-0.4, -0.2) is 31.3 Å². The topological polar surface area (TPSA) is 125 Å². The number of amides is 1. The summed E-state index contributed by atoms with van der Waals surface area (Å²) >= 11 is 0. The zero-order valence-corrected chi connectivity index (χ0v) is 10.7. The first kappa shape index (κ1) is 12.2. The standard InChI is InChI=1S/C12H13N7O/c1-6(11-14-5-15-19-11)16-12(20)10-8-4-7(13)2-3-9(8)17-18-10/h2-6H,13H2,1H3,(H,16,20)(H,17,18)(H,14,15,19). The second-order valence-electron chi connectivity index (χ2n) is 4.44. The molecule has 0 spiro atoms. The molecule has 0 saturated carbocycles. The fourth-order valence-electron chi connectivity index (χ4n) is 1.96. The molecule has 0 aliphatic rings. The van der Waals surface area contributed by atoms with Crippen molar-refractivity contribution in [1.82, 2.24) is 30.7 Å². The third-order valence-corrected chi connectivity index (χ3v) is 2.99. The Morgan fingerprint density at radius 1 is 1.40 bits per heavy atom. The highest BCUT2D eigenvalue weighted by molar-refractivity contribution is 6.05. The predicted molar refractivity (Wildman–Crippen MR) is 72.8 cm³/mol. The zero-order valence-electron chi connectivity index (χ0n) is 10.7. The zero-order chi connectivity index (χ0) is 14.1. The molecule has 1 atom stereocenters. The van der Waals surface area contributed by atoms with Gasteiger partial charge in [0.25, 0.3) is 5.91 Å². The van der Waals surface area contributed by atoms with Crippen molar-refractivity contribution in [2.24, 2.45) is 0 Å². The van der Waals surface area contributed by atoms with Crippen LogP contribution in [0.2, 0.25) is 0 Å². The summed E-state index contributed by atoms with van der Waals surface area (Å²) in [4.78, 5) is 16.2. The molecule has 5 N–H and O–H groups in total. The molecular formula is C12H13N7O. The van der Waals surface area contributed by atoms with E-state index in [0.29, 0.717) is 22.6 Å². The summed E-state index contributed by atoms with van der Waals surface area (Å²) in [6.07, 6.45) is 1.39. The molecule has 1 amide bonds. The van der Waals surface area contributed by atoms with E-state index in [4.69, 9.17) is 5.73 Å². The smallest absolute Gasteiger partial charge is 0.273 e. The third-order valence-electron chi connectivity index (χ3n) is 2.99. The Bertz CT molecular complexity index is 746. The highest BCUT2D eigenvalue weighted by Crippen LogP contribution is 2.19. The van der Waals surface area contributed by atoms with E-state index in [1.54, 1.807) is 18.2 Å². The maximum atomic E-state index is 12.2. The SMILES string of the molecule is CC(NC(=O)c1n[nH]c2ccc(N)cc12)c1ncn[nH]1. The summed E-state index contributed by atoms with van der Waals surface area (Å²) in [5.41, 5.74) is 7.38. The van der Waals surface area contributed by atoms with Gasteiger partial charge in [-0.1, -0.05) is 0 Å². The van der Waals surface area contributed by atoms with Gasteiger partial charge < -0.3 is 11.1 Å². The number of benzene rings is 1. The minimum atomic E-state index is -0.300. The average Bonchev–Trinajstić information content (AvgIpc) is 3.07. The van der Waals surface area contributed by atoms with Crippen molar-refractivity contribution < 1.29 is 4.79 Å². The largest absolute Gasteiger partial charge is 0.399 e. The summed E-state index contributed by atoms with van der Waals surface area (Å²) in [5, 5.41) is 16.8. The molecule has 0 bridgehead atoms. The van der Waals surface area contributed by atoms with E-state index in [0.717, 1.165) is 5.52 Å². The van der Waals surface area contributed by atoms with Crippen LogP contribution in [0, 0.1) is 0 Å². The highest BCUT2D eigenvalue weighted by atomic mass is 16.2. The summed E-state index contributed by atoms with van der Waals surface area (Å²) < 4.78 is 0.